The predicted octanol–water partition coefficient (Wildman–Crippen LogP) is 9.10. The van der Waals surface area contributed by atoms with E-state index in [0.29, 0.717) is 5.56 Å². The molecule has 168 valence electrons. The van der Waals surface area contributed by atoms with Crippen LogP contribution in [0.25, 0.3) is 0 Å². The Hall–Kier alpha value is -1.25. The van der Waals surface area contributed by atoms with Crippen LogP contribution in [0, 0.1) is 35.2 Å². The van der Waals surface area contributed by atoms with E-state index in [1.807, 2.05) is 0 Å². The molecule has 30 heavy (non-hydrogen) atoms. The van der Waals surface area contributed by atoms with Crippen molar-refractivity contribution in [3.8, 4) is 0 Å². The molecule has 0 nitrogen and oxygen atoms in total. The van der Waals surface area contributed by atoms with E-state index in [1.54, 1.807) is 0 Å². The third kappa shape index (κ3) is 6.62. The molecule has 0 spiro atoms. The molecule has 0 saturated heterocycles. The lowest BCUT2D eigenvalue weighted by Crippen LogP contribution is -2.25. The van der Waals surface area contributed by atoms with Crippen molar-refractivity contribution in [1.82, 2.24) is 0 Å². The van der Waals surface area contributed by atoms with E-state index in [9.17, 15) is 13.2 Å². The van der Waals surface area contributed by atoms with Crippen molar-refractivity contribution >= 4 is 0 Å². The first-order valence-electron chi connectivity index (χ1n) is 12.4. The van der Waals surface area contributed by atoms with Crippen LogP contribution in [-0.4, -0.2) is 0 Å². The van der Waals surface area contributed by atoms with Gasteiger partial charge in [0.15, 0.2) is 17.5 Å². The van der Waals surface area contributed by atoms with Gasteiger partial charge in [0.05, 0.1) is 0 Å². The fraction of sp³-hybridized carbons (Fsp3) is 0.704. The second-order valence-electron chi connectivity index (χ2n) is 9.74. The van der Waals surface area contributed by atoms with Gasteiger partial charge in [-0.25, -0.2) is 13.2 Å². The second kappa shape index (κ2) is 12.0. The van der Waals surface area contributed by atoms with Crippen LogP contribution in [0.5, 0.6) is 0 Å². The lowest BCUT2D eigenvalue weighted by Gasteiger charge is -2.38. The normalized spacial score (nSPS) is 27.6. The minimum Gasteiger partial charge on any atom is -0.204 e. The molecule has 0 aromatic heterocycles. The Morgan fingerprint density at radius 1 is 0.767 bits per heavy atom. The molecule has 3 heteroatoms. The first-order chi connectivity index (χ1) is 14.6. The largest absolute Gasteiger partial charge is 0.204 e. The van der Waals surface area contributed by atoms with Crippen LogP contribution in [-0.2, 0) is 0 Å². The number of allylic oxidation sites excluding steroid dienone is 2. The van der Waals surface area contributed by atoms with Gasteiger partial charge in [0.2, 0.25) is 0 Å². The molecule has 2 saturated carbocycles. The quantitative estimate of drug-likeness (QED) is 0.212. The molecule has 2 fully saturated rings. The maximum absolute atomic E-state index is 13.6. The fourth-order valence-electron chi connectivity index (χ4n) is 5.78. The molecule has 1 aromatic rings. The van der Waals surface area contributed by atoms with E-state index in [-0.39, 0.29) is 5.92 Å². The zero-order valence-electron chi connectivity index (χ0n) is 18.7. The van der Waals surface area contributed by atoms with Crippen molar-refractivity contribution in [2.45, 2.75) is 103 Å². The van der Waals surface area contributed by atoms with Crippen molar-refractivity contribution in [2.75, 3.05) is 0 Å². The minimum atomic E-state index is -1.35. The zero-order chi connectivity index (χ0) is 21.3. The predicted molar refractivity (Wildman–Crippen MR) is 119 cm³/mol. The number of rotatable bonds is 9. The summed E-state index contributed by atoms with van der Waals surface area (Å²) in [5.41, 5.74) is 0.637. The van der Waals surface area contributed by atoms with E-state index < -0.39 is 17.5 Å². The molecule has 0 bridgehead atoms. The Balaban J connectivity index is 1.34. The number of unbranched alkanes of at least 4 members (excludes halogenated alkanes) is 3. The Morgan fingerprint density at radius 3 is 1.93 bits per heavy atom. The van der Waals surface area contributed by atoms with Gasteiger partial charge < -0.3 is 0 Å². The number of halogens is 3. The van der Waals surface area contributed by atoms with Crippen LogP contribution in [0.2, 0.25) is 0 Å². The molecule has 0 aliphatic heterocycles. The van der Waals surface area contributed by atoms with Gasteiger partial charge in [0.1, 0.15) is 0 Å². The Labute approximate surface area is 181 Å². The van der Waals surface area contributed by atoms with Crippen LogP contribution in [0.3, 0.4) is 0 Å². The summed E-state index contributed by atoms with van der Waals surface area (Å²) in [4.78, 5) is 0. The van der Waals surface area contributed by atoms with E-state index in [2.05, 4.69) is 19.1 Å². The number of hydrogen-bond donors (Lipinski definition) is 0. The molecule has 0 N–H and O–H groups in total. The van der Waals surface area contributed by atoms with Gasteiger partial charge in [0.25, 0.3) is 0 Å². The average Bonchev–Trinajstić information content (AvgIpc) is 2.77. The van der Waals surface area contributed by atoms with E-state index in [0.717, 1.165) is 43.4 Å². The average molecular weight is 421 g/mol. The summed E-state index contributed by atoms with van der Waals surface area (Å²) in [7, 11) is 0. The Bertz CT molecular complexity index is 642. The molecule has 2 aliphatic rings. The molecule has 0 atom stereocenters. The molecular formula is C27H39F3. The van der Waals surface area contributed by atoms with Gasteiger partial charge in [-0.2, -0.15) is 0 Å². The highest BCUT2D eigenvalue weighted by molar-refractivity contribution is 5.23. The number of benzene rings is 1. The lowest BCUT2D eigenvalue weighted by molar-refractivity contribution is 0.155. The summed E-state index contributed by atoms with van der Waals surface area (Å²) in [6.07, 6.45) is 22.2. The second-order valence-corrected chi connectivity index (χ2v) is 9.74. The van der Waals surface area contributed by atoms with E-state index in [4.69, 9.17) is 0 Å². The van der Waals surface area contributed by atoms with Crippen LogP contribution >= 0.6 is 0 Å². The first-order valence-corrected chi connectivity index (χ1v) is 12.4. The summed E-state index contributed by atoms with van der Waals surface area (Å²) in [6, 6.07) is 2.41. The molecule has 0 heterocycles. The molecule has 1 aromatic carbocycles. The minimum absolute atomic E-state index is 0.175. The maximum Gasteiger partial charge on any atom is 0.194 e. The summed E-state index contributed by atoms with van der Waals surface area (Å²) >= 11 is 0. The molecular weight excluding hydrogens is 381 g/mol. The van der Waals surface area contributed by atoms with Gasteiger partial charge in [-0.15, -0.1) is 0 Å². The molecule has 0 unspecified atom stereocenters. The highest BCUT2D eigenvalue weighted by Gasteiger charge is 2.31. The summed E-state index contributed by atoms with van der Waals surface area (Å²) in [5, 5.41) is 0. The highest BCUT2D eigenvalue weighted by atomic mass is 19.2. The van der Waals surface area contributed by atoms with Gasteiger partial charge in [-0.3, -0.25) is 0 Å². The van der Waals surface area contributed by atoms with Crippen LogP contribution in [0.15, 0.2) is 24.3 Å². The van der Waals surface area contributed by atoms with Crippen LogP contribution in [0.1, 0.15) is 108 Å². The lowest BCUT2D eigenvalue weighted by atomic mass is 9.68. The first kappa shape index (κ1) is 23.4. The fourth-order valence-corrected chi connectivity index (χ4v) is 5.78. The van der Waals surface area contributed by atoms with Gasteiger partial charge in [0, 0.05) is 0 Å². The molecule has 3 rings (SSSR count). The van der Waals surface area contributed by atoms with E-state index >= 15 is 0 Å². The third-order valence-electron chi connectivity index (χ3n) is 7.66. The van der Waals surface area contributed by atoms with E-state index in [1.165, 1.54) is 76.3 Å². The van der Waals surface area contributed by atoms with Gasteiger partial charge in [-0.05, 0) is 99.2 Å². The Kier molecular flexibility index (Phi) is 9.33. The standard InChI is InChI=1S/C27H39F3/c1-2-3-4-5-6-7-8-9-20-10-12-21(13-11-20)22-14-16-23(17-15-22)24-18-25(28)27(30)26(29)19-24/h4-5,18-23H,2-3,6-17H2,1H3/b5-4+/t20-,21-,22-,23-. The van der Waals surface area contributed by atoms with Crippen LogP contribution < -0.4 is 0 Å². The third-order valence-corrected chi connectivity index (χ3v) is 7.66. The summed E-state index contributed by atoms with van der Waals surface area (Å²) in [5.74, 6) is -0.764. The van der Waals surface area contributed by atoms with Crippen molar-refractivity contribution in [1.29, 1.82) is 0 Å². The zero-order valence-corrected chi connectivity index (χ0v) is 18.7. The Morgan fingerprint density at radius 2 is 1.33 bits per heavy atom. The molecule has 0 amide bonds. The monoisotopic (exact) mass is 420 g/mol. The summed E-state index contributed by atoms with van der Waals surface area (Å²) < 4.78 is 40.3. The highest BCUT2D eigenvalue weighted by Crippen LogP contribution is 2.44. The van der Waals surface area contributed by atoms with Gasteiger partial charge >= 0.3 is 0 Å². The topological polar surface area (TPSA) is 0 Å². The number of hydrogen-bond acceptors (Lipinski definition) is 0. The van der Waals surface area contributed by atoms with Crippen molar-refractivity contribution in [3.05, 3.63) is 47.3 Å². The van der Waals surface area contributed by atoms with Crippen molar-refractivity contribution in [2.24, 2.45) is 17.8 Å². The summed E-state index contributed by atoms with van der Waals surface area (Å²) in [6.45, 7) is 2.22. The van der Waals surface area contributed by atoms with Crippen LogP contribution in [0.4, 0.5) is 13.2 Å². The molecule has 2 aliphatic carbocycles. The molecule has 0 radical (unpaired) electrons. The van der Waals surface area contributed by atoms with Crippen molar-refractivity contribution < 1.29 is 13.2 Å². The van der Waals surface area contributed by atoms with Gasteiger partial charge in [-0.1, -0.05) is 51.2 Å². The van der Waals surface area contributed by atoms with Crippen molar-refractivity contribution in [3.63, 3.8) is 0 Å². The maximum atomic E-state index is 13.6. The smallest absolute Gasteiger partial charge is 0.194 e. The SMILES string of the molecule is CCC/C=C/CCCC[C@H]1CC[C@H]([C@H]2CC[C@H](c3cc(F)c(F)c(F)c3)CC2)CC1.